The lowest BCUT2D eigenvalue weighted by Crippen LogP contribution is -2.34. The predicted molar refractivity (Wildman–Crippen MR) is 73.5 cm³/mol. The molecule has 1 fully saturated rings. The van der Waals surface area contributed by atoms with Gasteiger partial charge in [-0.3, -0.25) is 0 Å². The highest BCUT2D eigenvalue weighted by atomic mass is 15.2. The summed E-state index contributed by atoms with van der Waals surface area (Å²) in [5.74, 6) is 2.23. The Balaban J connectivity index is 1.64. The number of rotatable bonds is 6. The van der Waals surface area contributed by atoms with Crippen molar-refractivity contribution in [1.82, 2.24) is 10.3 Å². The molecule has 3 nitrogen and oxygen atoms in total. The number of hydrogen-bond donors (Lipinski definition) is 2. The van der Waals surface area contributed by atoms with E-state index in [1.165, 1.54) is 51.1 Å². The molecule has 0 radical (unpaired) electrons. The second-order valence-corrected chi connectivity index (χ2v) is 4.98. The zero-order valence-electron chi connectivity index (χ0n) is 10.9. The maximum absolute atomic E-state index is 3.40. The number of hydrogen-bond acceptors (Lipinski definition) is 2. The number of nitrogens with one attached hydrogen (secondary N) is 2. The van der Waals surface area contributed by atoms with E-state index in [9.17, 15) is 0 Å². The first-order valence-electron chi connectivity index (χ1n) is 6.99. The van der Waals surface area contributed by atoms with Gasteiger partial charge in [-0.2, -0.15) is 0 Å². The number of aromatic nitrogens is 1. The van der Waals surface area contributed by atoms with Gasteiger partial charge < -0.3 is 15.2 Å². The smallest absolute Gasteiger partial charge is 0.105 e. The van der Waals surface area contributed by atoms with Gasteiger partial charge in [-0.25, -0.2) is 0 Å². The van der Waals surface area contributed by atoms with E-state index >= 15 is 0 Å². The standard InChI is InChI=1S/C14H25N3/c1-2-15-9-3-5-13-7-11-17(12-8-13)14-6-4-10-16-14/h4,6,10,13,15-16H,2-3,5,7-9,11-12H2,1H3. The third-order valence-corrected chi connectivity index (χ3v) is 3.75. The van der Waals surface area contributed by atoms with Crippen molar-refractivity contribution in [3.63, 3.8) is 0 Å². The van der Waals surface area contributed by atoms with Crippen molar-refractivity contribution in [2.24, 2.45) is 5.92 Å². The Morgan fingerprint density at radius 2 is 2.24 bits per heavy atom. The molecule has 17 heavy (non-hydrogen) atoms. The van der Waals surface area contributed by atoms with Gasteiger partial charge in [0.2, 0.25) is 0 Å². The molecule has 0 aromatic carbocycles. The Hall–Kier alpha value is -0.960. The van der Waals surface area contributed by atoms with Crippen LogP contribution in [0.1, 0.15) is 32.6 Å². The van der Waals surface area contributed by atoms with Crippen LogP contribution in [0.25, 0.3) is 0 Å². The van der Waals surface area contributed by atoms with Gasteiger partial charge in [-0.1, -0.05) is 6.92 Å². The van der Waals surface area contributed by atoms with Crippen LogP contribution in [0, 0.1) is 5.92 Å². The quantitative estimate of drug-likeness (QED) is 0.743. The number of piperidine rings is 1. The van der Waals surface area contributed by atoms with Crippen molar-refractivity contribution in [2.45, 2.75) is 32.6 Å². The monoisotopic (exact) mass is 235 g/mol. The normalized spacial score (nSPS) is 17.6. The molecule has 96 valence electrons. The van der Waals surface area contributed by atoms with Gasteiger partial charge in [0.25, 0.3) is 0 Å². The first-order valence-corrected chi connectivity index (χ1v) is 6.99. The molecule has 1 aliphatic rings. The van der Waals surface area contributed by atoms with Gasteiger partial charge >= 0.3 is 0 Å². The second kappa shape index (κ2) is 6.70. The van der Waals surface area contributed by atoms with Gasteiger partial charge in [0.15, 0.2) is 0 Å². The van der Waals surface area contributed by atoms with Crippen LogP contribution in [0.5, 0.6) is 0 Å². The van der Waals surface area contributed by atoms with Crippen LogP contribution in [0.3, 0.4) is 0 Å². The molecule has 1 aliphatic heterocycles. The topological polar surface area (TPSA) is 31.1 Å². The van der Waals surface area contributed by atoms with Crippen LogP contribution in [0.15, 0.2) is 18.3 Å². The zero-order chi connectivity index (χ0) is 11.9. The summed E-state index contributed by atoms with van der Waals surface area (Å²) in [6.45, 7) is 6.90. The van der Waals surface area contributed by atoms with E-state index in [1.807, 2.05) is 6.20 Å². The molecule has 0 aliphatic carbocycles. The summed E-state index contributed by atoms with van der Waals surface area (Å²) in [4.78, 5) is 5.77. The SMILES string of the molecule is CCNCCCC1CCN(c2ccc[nH]2)CC1. The summed E-state index contributed by atoms with van der Waals surface area (Å²) in [6.07, 6.45) is 7.45. The summed E-state index contributed by atoms with van der Waals surface area (Å²) < 4.78 is 0. The van der Waals surface area contributed by atoms with Crippen LogP contribution in [0.2, 0.25) is 0 Å². The summed E-state index contributed by atoms with van der Waals surface area (Å²) in [5, 5.41) is 3.40. The summed E-state index contributed by atoms with van der Waals surface area (Å²) in [5.41, 5.74) is 0. The molecule has 1 saturated heterocycles. The highest BCUT2D eigenvalue weighted by molar-refractivity contribution is 5.38. The lowest BCUT2D eigenvalue weighted by molar-refractivity contribution is 0.369. The molecule has 2 N–H and O–H groups in total. The van der Waals surface area contributed by atoms with Crippen molar-refractivity contribution in [1.29, 1.82) is 0 Å². The molecule has 2 heterocycles. The van der Waals surface area contributed by atoms with Crippen molar-refractivity contribution < 1.29 is 0 Å². The van der Waals surface area contributed by atoms with E-state index in [2.05, 4.69) is 34.3 Å². The maximum atomic E-state index is 3.40. The molecule has 1 aromatic rings. The lowest BCUT2D eigenvalue weighted by Gasteiger charge is -2.32. The minimum absolute atomic E-state index is 0.944. The fourth-order valence-electron chi connectivity index (χ4n) is 2.67. The van der Waals surface area contributed by atoms with E-state index in [1.54, 1.807) is 0 Å². The number of aromatic amines is 1. The van der Waals surface area contributed by atoms with E-state index in [-0.39, 0.29) is 0 Å². The lowest BCUT2D eigenvalue weighted by atomic mass is 9.92. The van der Waals surface area contributed by atoms with E-state index in [0.717, 1.165) is 12.5 Å². The Morgan fingerprint density at radius 3 is 2.88 bits per heavy atom. The number of anilines is 1. The van der Waals surface area contributed by atoms with Crippen molar-refractivity contribution in [3.8, 4) is 0 Å². The van der Waals surface area contributed by atoms with Crippen LogP contribution >= 0.6 is 0 Å². The van der Waals surface area contributed by atoms with Crippen LogP contribution in [0.4, 0.5) is 5.82 Å². The highest BCUT2D eigenvalue weighted by Gasteiger charge is 2.19. The molecule has 1 aromatic heterocycles. The second-order valence-electron chi connectivity index (χ2n) is 4.98. The van der Waals surface area contributed by atoms with Gasteiger partial charge in [-0.15, -0.1) is 0 Å². The molecular weight excluding hydrogens is 210 g/mol. The largest absolute Gasteiger partial charge is 0.358 e. The maximum Gasteiger partial charge on any atom is 0.105 e. The first kappa shape index (κ1) is 12.5. The molecule has 2 rings (SSSR count). The Bertz CT molecular complexity index is 286. The first-order chi connectivity index (χ1) is 8.40. The Morgan fingerprint density at radius 1 is 1.41 bits per heavy atom. The molecule has 0 atom stereocenters. The van der Waals surface area contributed by atoms with E-state index in [4.69, 9.17) is 0 Å². The summed E-state index contributed by atoms with van der Waals surface area (Å²) in [6, 6.07) is 4.25. The minimum atomic E-state index is 0.944. The average molecular weight is 235 g/mol. The van der Waals surface area contributed by atoms with Gasteiger partial charge in [-0.05, 0) is 56.8 Å². The number of H-pyrrole nitrogens is 1. The third kappa shape index (κ3) is 3.77. The fourth-order valence-corrected chi connectivity index (χ4v) is 2.67. The molecule has 0 bridgehead atoms. The minimum Gasteiger partial charge on any atom is -0.358 e. The fraction of sp³-hybridized carbons (Fsp3) is 0.714. The molecule has 0 saturated carbocycles. The van der Waals surface area contributed by atoms with Crippen LogP contribution in [-0.4, -0.2) is 31.2 Å². The van der Waals surface area contributed by atoms with Crippen LogP contribution < -0.4 is 10.2 Å². The van der Waals surface area contributed by atoms with Crippen molar-refractivity contribution >= 4 is 5.82 Å². The average Bonchev–Trinajstić information content (AvgIpc) is 2.89. The van der Waals surface area contributed by atoms with Gasteiger partial charge in [0.1, 0.15) is 5.82 Å². The van der Waals surface area contributed by atoms with Crippen molar-refractivity contribution in [2.75, 3.05) is 31.1 Å². The van der Waals surface area contributed by atoms with Crippen molar-refractivity contribution in [3.05, 3.63) is 18.3 Å². The Labute approximate surface area is 105 Å². The molecule has 0 unspecified atom stereocenters. The Kier molecular flexibility index (Phi) is 4.92. The highest BCUT2D eigenvalue weighted by Crippen LogP contribution is 2.24. The summed E-state index contributed by atoms with van der Waals surface area (Å²) in [7, 11) is 0. The third-order valence-electron chi connectivity index (χ3n) is 3.75. The van der Waals surface area contributed by atoms with Crippen LogP contribution in [-0.2, 0) is 0 Å². The molecule has 3 heteroatoms. The molecular formula is C14H25N3. The number of nitrogens with zero attached hydrogens (tertiary/aromatic N) is 1. The van der Waals surface area contributed by atoms with E-state index in [0.29, 0.717) is 0 Å². The summed E-state index contributed by atoms with van der Waals surface area (Å²) >= 11 is 0. The van der Waals surface area contributed by atoms with E-state index < -0.39 is 0 Å². The molecule has 0 amide bonds. The zero-order valence-corrected chi connectivity index (χ0v) is 10.9. The van der Waals surface area contributed by atoms with Gasteiger partial charge in [0.05, 0.1) is 0 Å². The van der Waals surface area contributed by atoms with Gasteiger partial charge in [0, 0.05) is 19.3 Å². The predicted octanol–water partition coefficient (Wildman–Crippen LogP) is 2.62. The molecule has 0 spiro atoms.